The Labute approximate surface area is 109 Å². The van der Waals surface area contributed by atoms with E-state index < -0.39 is 0 Å². The maximum absolute atomic E-state index is 6.25. The van der Waals surface area contributed by atoms with Gasteiger partial charge in [-0.2, -0.15) is 0 Å². The number of nitrogens with two attached hydrogens (primary N) is 1. The minimum Gasteiger partial charge on any atom is -0.324 e. The van der Waals surface area contributed by atoms with Crippen LogP contribution in [0.1, 0.15) is 36.6 Å². The number of rotatable bonds is 2. The fraction of sp³-hybridized carbons (Fsp3) is 0.294. The molecular weight excluding hydrogens is 218 g/mol. The molecule has 92 valence electrons. The zero-order chi connectivity index (χ0) is 12.7. The van der Waals surface area contributed by atoms with E-state index >= 15 is 0 Å². The van der Waals surface area contributed by atoms with Gasteiger partial charge in [-0.25, -0.2) is 0 Å². The van der Waals surface area contributed by atoms with Crippen molar-refractivity contribution in [2.24, 2.45) is 11.7 Å². The van der Waals surface area contributed by atoms with Crippen LogP contribution < -0.4 is 5.73 Å². The van der Waals surface area contributed by atoms with Crippen molar-refractivity contribution in [3.63, 3.8) is 0 Å². The number of fused-ring (bicyclic) bond motifs is 3. The van der Waals surface area contributed by atoms with Gasteiger partial charge in [-0.15, -0.1) is 0 Å². The van der Waals surface area contributed by atoms with E-state index in [9.17, 15) is 0 Å². The van der Waals surface area contributed by atoms with E-state index in [0.29, 0.717) is 5.92 Å². The highest BCUT2D eigenvalue weighted by Gasteiger charge is 2.19. The molecule has 2 N–H and O–H groups in total. The maximum atomic E-state index is 6.25. The highest BCUT2D eigenvalue weighted by atomic mass is 14.6. The minimum absolute atomic E-state index is 0.128. The summed E-state index contributed by atoms with van der Waals surface area (Å²) in [7, 11) is 0. The molecule has 1 atom stereocenters. The van der Waals surface area contributed by atoms with Gasteiger partial charge in [0.1, 0.15) is 0 Å². The molecule has 0 radical (unpaired) electrons. The molecule has 0 fully saturated rings. The van der Waals surface area contributed by atoms with Gasteiger partial charge in [0.25, 0.3) is 0 Å². The molecular formula is C17H19N. The lowest BCUT2D eigenvalue weighted by atomic mass is 9.93. The first-order valence-electron chi connectivity index (χ1n) is 6.63. The largest absolute Gasteiger partial charge is 0.324 e. The Morgan fingerprint density at radius 3 is 2.44 bits per heavy atom. The average molecular weight is 237 g/mol. The van der Waals surface area contributed by atoms with Crippen molar-refractivity contribution in [3.05, 3.63) is 59.2 Å². The van der Waals surface area contributed by atoms with Crippen molar-refractivity contribution in [1.29, 1.82) is 0 Å². The van der Waals surface area contributed by atoms with Crippen molar-refractivity contribution < 1.29 is 0 Å². The van der Waals surface area contributed by atoms with Crippen LogP contribution in [0.15, 0.2) is 42.5 Å². The molecule has 1 heteroatoms. The van der Waals surface area contributed by atoms with Crippen LogP contribution in [0.3, 0.4) is 0 Å². The molecule has 0 bridgehead atoms. The Morgan fingerprint density at radius 1 is 0.944 bits per heavy atom. The van der Waals surface area contributed by atoms with Crippen molar-refractivity contribution in [2.75, 3.05) is 0 Å². The molecule has 2 aromatic rings. The summed E-state index contributed by atoms with van der Waals surface area (Å²) in [6.45, 7) is 4.34. The topological polar surface area (TPSA) is 26.0 Å². The first-order chi connectivity index (χ1) is 8.66. The zero-order valence-electron chi connectivity index (χ0n) is 11.0. The summed E-state index contributed by atoms with van der Waals surface area (Å²) in [6, 6.07) is 15.5. The lowest BCUT2D eigenvalue weighted by molar-refractivity contribution is 0.514. The lowest BCUT2D eigenvalue weighted by Crippen LogP contribution is -2.16. The van der Waals surface area contributed by atoms with Crippen molar-refractivity contribution in [2.45, 2.75) is 26.3 Å². The Kier molecular flexibility index (Phi) is 2.71. The Hall–Kier alpha value is -1.60. The summed E-state index contributed by atoms with van der Waals surface area (Å²) in [5, 5.41) is 0. The average Bonchev–Trinajstić information content (AvgIpc) is 2.75. The second-order valence-electron chi connectivity index (χ2n) is 5.52. The fourth-order valence-corrected chi connectivity index (χ4v) is 2.73. The molecule has 1 unspecified atom stereocenters. The Bertz CT molecular complexity index is 584. The predicted molar refractivity (Wildman–Crippen MR) is 76.5 cm³/mol. The van der Waals surface area contributed by atoms with Crippen LogP contribution in [-0.2, 0) is 6.42 Å². The first kappa shape index (κ1) is 11.5. The van der Waals surface area contributed by atoms with Crippen LogP contribution in [0.25, 0.3) is 11.1 Å². The monoisotopic (exact) mass is 237 g/mol. The molecule has 0 heterocycles. The van der Waals surface area contributed by atoms with Crippen LogP contribution in [0, 0.1) is 5.92 Å². The number of hydrogen-bond acceptors (Lipinski definition) is 1. The van der Waals surface area contributed by atoms with Crippen molar-refractivity contribution >= 4 is 0 Å². The third-order valence-electron chi connectivity index (χ3n) is 3.93. The zero-order valence-corrected chi connectivity index (χ0v) is 11.0. The summed E-state index contributed by atoms with van der Waals surface area (Å²) < 4.78 is 0. The lowest BCUT2D eigenvalue weighted by Gasteiger charge is -2.17. The summed E-state index contributed by atoms with van der Waals surface area (Å²) in [4.78, 5) is 0. The van der Waals surface area contributed by atoms with Crippen LogP contribution in [-0.4, -0.2) is 0 Å². The second kappa shape index (κ2) is 4.25. The highest BCUT2D eigenvalue weighted by Crippen LogP contribution is 2.38. The van der Waals surface area contributed by atoms with Gasteiger partial charge >= 0.3 is 0 Å². The molecule has 3 rings (SSSR count). The number of benzene rings is 2. The third kappa shape index (κ3) is 1.75. The summed E-state index contributed by atoms with van der Waals surface area (Å²) in [5.74, 6) is 0.472. The van der Waals surface area contributed by atoms with Gasteiger partial charge in [0, 0.05) is 6.04 Å². The normalized spacial score (nSPS) is 14.4. The predicted octanol–water partition coefficient (Wildman–Crippen LogP) is 3.91. The Balaban J connectivity index is 2.08. The van der Waals surface area contributed by atoms with E-state index in [1.165, 1.54) is 27.8 Å². The molecule has 1 aliphatic rings. The van der Waals surface area contributed by atoms with Gasteiger partial charge < -0.3 is 5.73 Å². The summed E-state index contributed by atoms with van der Waals surface area (Å²) in [5.41, 5.74) is 13.1. The van der Waals surface area contributed by atoms with Gasteiger partial charge in [-0.3, -0.25) is 0 Å². The molecule has 1 aliphatic carbocycles. The molecule has 2 aromatic carbocycles. The third-order valence-corrected chi connectivity index (χ3v) is 3.93. The SMILES string of the molecule is CC(C)C(N)c1ccc2c(c1)-c1ccccc1C2. The van der Waals surface area contributed by atoms with E-state index in [0.717, 1.165) is 6.42 Å². The van der Waals surface area contributed by atoms with E-state index in [1.807, 2.05) is 0 Å². The van der Waals surface area contributed by atoms with Crippen LogP contribution >= 0.6 is 0 Å². The molecule has 0 saturated carbocycles. The van der Waals surface area contributed by atoms with Crippen LogP contribution in [0.2, 0.25) is 0 Å². The van der Waals surface area contributed by atoms with Crippen molar-refractivity contribution in [1.82, 2.24) is 0 Å². The molecule has 0 saturated heterocycles. The second-order valence-corrected chi connectivity index (χ2v) is 5.52. The molecule has 0 amide bonds. The molecule has 1 nitrogen and oxygen atoms in total. The van der Waals surface area contributed by atoms with Gasteiger partial charge in [-0.1, -0.05) is 50.2 Å². The van der Waals surface area contributed by atoms with E-state index in [4.69, 9.17) is 5.73 Å². The van der Waals surface area contributed by atoms with E-state index in [2.05, 4.69) is 56.3 Å². The fourth-order valence-electron chi connectivity index (χ4n) is 2.73. The van der Waals surface area contributed by atoms with Gasteiger partial charge in [0.2, 0.25) is 0 Å². The summed E-state index contributed by atoms with van der Waals surface area (Å²) in [6.07, 6.45) is 1.06. The number of hydrogen-bond donors (Lipinski definition) is 1. The van der Waals surface area contributed by atoms with E-state index in [-0.39, 0.29) is 6.04 Å². The highest BCUT2D eigenvalue weighted by molar-refractivity contribution is 5.77. The smallest absolute Gasteiger partial charge is 0.0318 e. The maximum Gasteiger partial charge on any atom is 0.0318 e. The molecule has 0 spiro atoms. The first-order valence-corrected chi connectivity index (χ1v) is 6.63. The minimum atomic E-state index is 0.128. The van der Waals surface area contributed by atoms with Gasteiger partial charge in [0.05, 0.1) is 0 Å². The van der Waals surface area contributed by atoms with Crippen LogP contribution in [0.5, 0.6) is 0 Å². The van der Waals surface area contributed by atoms with Gasteiger partial charge in [0.15, 0.2) is 0 Å². The van der Waals surface area contributed by atoms with Crippen molar-refractivity contribution in [3.8, 4) is 11.1 Å². The molecule has 18 heavy (non-hydrogen) atoms. The standard InChI is InChI=1S/C17H19N/c1-11(2)17(18)14-8-7-13-9-12-5-3-4-6-15(12)16(13)10-14/h3-8,10-11,17H,9,18H2,1-2H3. The summed E-state index contributed by atoms with van der Waals surface area (Å²) >= 11 is 0. The van der Waals surface area contributed by atoms with Crippen LogP contribution in [0.4, 0.5) is 0 Å². The molecule has 0 aliphatic heterocycles. The quantitative estimate of drug-likeness (QED) is 0.718. The molecule has 0 aromatic heterocycles. The Morgan fingerprint density at radius 2 is 1.67 bits per heavy atom. The van der Waals surface area contributed by atoms with Gasteiger partial charge in [-0.05, 0) is 46.2 Å². The van der Waals surface area contributed by atoms with E-state index in [1.54, 1.807) is 0 Å².